The zero-order valence-electron chi connectivity index (χ0n) is 20.2. The van der Waals surface area contributed by atoms with Crippen molar-refractivity contribution in [3.63, 3.8) is 0 Å². The number of nitrogens with zero attached hydrogens (tertiary/aromatic N) is 4. The molecule has 9 nitrogen and oxygen atoms in total. The molecule has 184 valence electrons. The van der Waals surface area contributed by atoms with Gasteiger partial charge in [0.1, 0.15) is 11.6 Å². The van der Waals surface area contributed by atoms with Crippen LogP contribution in [0.3, 0.4) is 0 Å². The number of thioether (sulfide) groups is 1. The maximum atomic E-state index is 13.2. The van der Waals surface area contributed by atoms with Crippen molar-refractivity contribution >= 4 is 45.3 Å². The molecule has 1 amide bonds. The first kappa shape index (κ1) is 24.7. The lowest BCUT2D eigenvalue weighted by Crippen LogP contribution is -2.28. The summed E-state index contributed by atoms with van der Waals surface area (Å²) in [6, 6.07) is 11.6. The highest BCUT2D eigenvalue weighted by Crippen LogP contribution is 2.28. The van der Waals surface area contributed by atoms with Crippen LogP contribution in [0.2, 0.25) is 0 Å². The fraction of sp³-hybridized carbons (Fsp3) is 0.360. The first-order chi connectivity index (χ1) is 17.2. The van der Waals surface area contributed by atoms with E-state index in [1.54, 1.807) is 10.9 Å². The molecule has 2 aromatic heterocycles. The highest BCUT2D eigenvalue weighted by molar-refractivity contribution is 7.98. The van der Waals surface area contributed by atoms with Crippen LogP contribution in [-0.2, 0) is 11.3 Å². The summed E-state index contributed by atoms with van der Waals surface area (Å²) in [5, 5.41) is 14.2. The van der Waals surface area contributed by atoms with E-state index in [0.717, 1.165) is 27.6 Å². The van der Waals surface area contributed by atoms with Crippen LogP contribution in [-0.4, -0.2) is 64.8 Å². The van der Waals surface area contributed by atoms with E-state index in [4.69, 9.17) is 9.47 Å². The Labute approximate surface area is 208 Å². The molecule has 10 heteroatoms. The number of anilines is 1. The first-order valence-corrected chi connectivity index (χ1v) is 12.9. The first-order valence-electron chi connectivity index (χ1n) is 11.7. The van der Waals surface area contributed by atoms with Gasteiger partial charge < -0.3 is 20.1 Å². The topological polar surface area (TPSA) is 103 Å². The zero-order valence-corrected chi connectivity index (χ0v) is 21.0. The van der Waals surface area contributed by atoms with Crippen LogP contribution in [0, 0.1) is 0 Å². The minimum Gasteiger partial charge on any atom is -0.493 e. The molecule has 0 radical (unpaired) electrons. The van der Waals surface area contributed by atoms with Crippen molar-refractivity contribution in [1.29, 1.82) is 0 Å². The highest BCUT2D eigenvalue weighted by Gasteiger charge is 2.17. The van der Waals surface area contributed by atoms with E-state index < -0.39 is 0 Å². The Bertz CT molecular complexity index is 1310. The van der Waals surface area contributed by atoms with E-state index in [2.05, 4.69) is 25.7 Å². The number of ether oxygens (including phenoxy) is 2. The zero-order chi connectivity index (χ0) is 24.6. The molecule has 0 spiro atoms. The van der Waals surface area contributed by atoms with Gasteiger partial charge in [0.2, 0.25) is 0 Å². The van der Waals surface area contributed by atoms with Crippen LogP contribution < -0.4 is 15.4 Å². The fourth-order valence-corrected chi connectivity index (χ4v) is 4.20. The van der Waals surface area contributed by atoms with Crippen molar-refractivity contribution in [3.05, 3.63) is 48.2 Å². The number of nitrogens with one attached hydrogen (secondary N) is 2. The van der Waals surface area contributed by atoms with Crippen molar-refractivity contribution < 1.29 is 14.3 Å². The molecule has 0 aliphatic carbocycles. The Morgan fingerprint density at radius 3 is 2.71 bits per heavy atom. The summed E-state index contributed by atoms with van der Waals surface area (Å²) in [5.41, 5.74) is 1.26. The van der Waals surface area contributed by atoms with Gasteiger partial charge in [-0.3, -0.25) is 4.79 Å². The summed E-state index contributed by atoms with van der Waals surface area (Å²) >= 11 is 1.47. The van der Waals surface area contributed by atoms with Gasteiger partial charge in [0, 0.05) is 19.7 Å². The molecule has 0 fully saturated rings. The summed E-state index contributed by atoms with van der Waals surface area (Å²) < 4.78 is 12.9. The fourth-order valence-electron chi connectivity index (χ4n) is 3.84. The van der Waals surface area contributed by atoms with E-state index in [-0.39, 0.29) is 5.91 Å². The monoisotopic (exact) mass is 494 g/mol. The van der Waals surface area contributed by atoms with Crippen LogP contribution in [0.4, 0.5) is 5.82 Å². The van der Waals surface area contributed by atoms with Gasteiger partial charge in [0.15, 0.2) is 10.8 Å². The Morgan fingerprint density at radius 1 is 1.06 bits per heavy atom. The number of amides is 1. The molecule has 35 heavy (non-hydrogen) atoms. The van der Waals surface area contributed by atoms with Crippen LogP contribution in [0.1, 0.15) is 24.2 Å². The quantitative estimate of drug-likeness (QED) is 0.173. The number of hydrogen-bond acceptors (Lipinski definition) is 8. The Balaban J connectivity index is 1.51. The van der Waals surface area contributed by atoms with Crippen LogP contribution in [0.15, 0.2) is 47.8 Å². The number of carbonyl (C=O) groups is 1. The number of hydrogen-bond donors (Lipinski definition) is 2. The van der Waals surface area contributed by atoms with Crippen molar-refractivity contribution in [2.24, 2.45) is 0 Å². The lowest BCUT2D eigenvalue weighted by Gasteiger charge is -2.14. The highest BCUT2D eigenvalue weighted by atomic mass is 32.2. The Kier molecular flexibility index (Phi) is 8.38. The number of aromatic nitrogens is 4. The molecule has 2 N–H and O–H groups in total. The number of benzene rings is 2. The molecular weight excluding hydrogens is 464 g/mol. The number of carbonyl (C=O) groups excluding carboxylic acids is 1. The number of rotatable bonds is 12. The Hall–Kier alpha value is -3.37. The third kappa shape index (κ3) is 5.66. The van der Waals surface area contributed by atoms with Gasteiger partial charge in [0.25, 0.3) is 5.91 Å². The summed E-state index contributed by atoms with van der Waals surface area (Å²) in [7, 11) is 0. The second-order valence-electron chi connectivity index (χ2n) is 7.64. The molecule has 0 bridgehead atoms. The molecule has 0 aliphatic rings. The molecule has 2 heterocycles. The Morgan fingerprint density at radius 2 is 1.91 bits per heavy atom. The van der Waals surface area contributed by atoms with Gasteiger partial charge in [0.05, 0.1) is 36.9 Å². The molecule has 0 saturated carbocycles. The van der Waals surface area contributed by atoms with Crippen molar-refractivity contribution in [3.8, 4) is 5.75 Å². The normalized spacial score (nSPS) is 11.2. The molecule has 0 saturated heterocycles. The van der Waals surface area contributed by atoms with Gasteiger partial charge in [-0.2, -0.15) is 5.10 Å². The van der Waals surface area contributed by atoms with E-state index >= 15 is 0 Å². The van der Waals surface area contributed by atoms with Gasteiger partial charge in [-0.1, -0.05) is 42.1 Å². The van der Waals surface area contributed by atoms with Crippen molar-refractivity contribution in [1.82, 2.24) is 25.1 Å². The molecular formula is C25H30N6O3S. The molecule has 2 aromatic carbocycles. The predicted molar refractivity (Wildman–Crippen MR) is 140 cm³/mol. The molecule has 0 atom stereocenters. The minimum atomic E-state index is -0.181. The molecule has 0 aliphatic heterocycles. The van der Waals surface area contributed by atoms with E-state index in [9.17, 15) is 4.79 Å². The number of fused-ring (bicyclic) bond motifs is 2. The third-order valence-electron chi connectivity index (χ3n) is 5.43. The summed E-state index contributed by atoms with van der Waals surface area (Å²) in [6.45, 7) is 7.11. The smallest absolute Gasteiger partial charge is 0.255 e. The largest absolute Gasteiger partial charge is 0.493 e. The summed E-state index contributed by atoms with van der Waals surface area (Å²) in [5.74, 6) is 1.12. The average Bonchev–Trinajstić information content (AvgIpc) is 3.29. The lowest BCUT2D eigenvalue weighted by atomic mass is 10.0. The predicted octanol–water partition coefficient (Wildman–Crippen LogP) is 3.98. The van der Waals surface area contributed by atoms with Gasteiger partial charge in [-0.25, -0.2) is 14.6 Å². The van der Waals surface area contributed by atoms with Crippen LogP contribution >= 0.6 is 11.8 Å². The summed E-state index contributed by atoms with van der Waals surface area (Å²) in [6.07, 6.45) is 3.69. The molecule has 4 aromatic rings. The van der Waals surface area contributed by atoms with Crippen LogP contribution in [0.5, 0.6) is 5.75 Å². The molecule has 4 rings (SSSR count). The third-order valence-corrected chi connectivity index (χ3v) is 5.98. The summed E-state index contributed by atoms with van der Waals surface area (Å²) in [4.78, 5) is 22.4. The maximum Gasteiger partial charge on any atom is 0.255 e. The van der Waals surface area contributed by atoms with Crippen molar-refractivity contribution in [2.75, 3.05) is 44.5 Å². The van der Waals surface area contributed by atoms with Gasteiger partial charge >= 0.3 is 0 Å². The standard InChI is InChI=1S/C25H30N6O3S/c1-4-33-15-13-26-22-19-16-28-31(23(19)30-25(29-22)35-3)14-12-27-24(32)21-18-9-7-6-8-17(18)10-11-20(21)34-5-2/h6-11,16H,4-5,12-15H2,1-3H3,(H,27,32)(H,26,29,30). The van der Waals surface area contributed by atoms with Gasteiger partial charge in [-0.05, 0) is 36.9 Å². The minimum absolute atomic E-state index is 0.181. The average molecular weight is 495 g/mol. The van der Waals surface area contributed by atoms with E-state index in [1.165, 1.54) is 11.8 Å². The van der Waals surface area contributed by atoms with E-state index in [0.29, 0.717) is 55.9 Å². The second kappa shape index (κ2) is 11.9. The lowest BCUT2D eigenvalue weighted by molar-refractivity contribution is 0.0950. The van der Waals surface area contributed by atoms with Crippen LogP contribution in [0.25, 0.3) is 21.8 Å². The second-order valence-corrected chi connectivity index (χ2v) is 8.41. The van der Waals surface area contributed by atoms with Gasteiger partial charge in [-0.15, -0.1) is 0 Å². The maximum absolute atomic E-state index is 13.2. The SMILES string of the molecule is CCOCCNc1nc(SC)nc2c1cnn2CCNC(=O)c1c(OCC)ccc2ccccc12. The van der Waals surface area contributed by atoms with E-state index in [1.807, 2.05) is 56.5 Å². The van der Waals surface area contributed by atoms with Crippen molar-refractivity contribution in [2.45, 2.75) is 25.5 Å². The molecule has 0 unspecified atom stereocenters.